The van der Waals surface area contributed by atoms with Gasteiger partial charge in [0, 0.05) is 12.2 Å². The maximum atomic E-state index is 11.8. The van der Waals surface area contributed by atoms with Crippen molar-refractivity contribution in [3.8, 4) is 0 Å². The maximum Gasteiger partial charge on any atom is 0.338 e. The zero-order valence-corrected chi connectivity index (χ0v) is 13.1. The number of hydrogen-bond acceptors (Lipinski definition) is 3. The van der Waals surface area contributed by atoms with Gasteiger partial charge in [0.25, 0.3) is 0 Å². The van der Waals surface area contributed by atoms with Gasteiger partial charge >= 0.3 is 5.97 Å². The summed E-state index contributed by atoms with van der Waals surface area (Å²) in [6.07, 6.45) is 2.19. The molecular formula is C15H22N2O2S. The number of benzene rings is 1. The average molecular weight is 294 g/mol. The van der Waals surface area contributed by atoms with Crippen LogP contribution in [0.2, 0.25) is 0 Å². The molecule has 0 saturated heterocycles. The van der Waals surface area contributed by atoms with E-state index in [2.05, 4.69) is 17.6 Å². The van der Waals surface area contributed by atoms with E-state index in [4.69, 9.17) is 17.0 Å². The quantitative estimate of drug-likeness (QED) is 0.479. The number of anilines is 1. The van der Waals surface area contributed by atoms with Gasteiger partial charge in [0.1, 0.15) is 0 Å². The third-order valence-electron chi connectivity index (χ3n) is 2.89. The molecule has 0 amide bonds. The summed E-state index contributed by atoms with van der Waals surface area (Å²) in [5.41, 5.74) is 2.23. The van der Waals surface area contributed by atoms with Crippen LogP contribution >= 0.6 is 12.2 Å². The third kappa shape index (κ3) is 4.81. The fourth-order valence-corrected chi connectivity index (χ4v) is 1.96. The highest BCUT2D eigenvalue weighted by molar-refractivity contribution is 7.80. The first kappa shape index (κ1) is 16.4. The highest BCUT2D eigenvalue weighted by Gasteiger charge is 2.12. The van der Waals surface area contributed by atoms with Crippen LogP contribution in [0.4, 0.5) is 5.69 Å². The summed E-state index contributed by atoms with van der Waals surface area (Å²) < 4.78 is 5.03. The van der Waals surface area contributed by atoms with E-state index in [0.717, 1.165) is 30.6 Å². The number of carbonyl (C=O) groups excluding carboxylic acids is 1. The third-order valence-corrected chi connectivity index (χ3v) is 3.14. The van der Waals surface area contributed by atoms with Gasteiger partial charge in [-0.05, 0) is 50.2 Å². The molecule has 5 heteroatoms. The van der Waals surface area contributed by atoms with Crippen LogP contribution in [-0.2, 0) is 4.74 Å². The van der Waals surface area contributed by atoms with E-state index in [0.29, 0.717) is 17.3 Å². The zero-order chi connectivity index (χ0) is 15.0. The Balaban J connectivity index is 2.74. The minimum absolute atomic E-state index is 0.307. The fraction of sp³-hybridized carbons (Fsp3) is 0.467. The Hall–Kier alpha value is -1.62. The lowest BCUT2D eigenvalue weighted by Crippen LogP contribution is -2.29. The van der Waals surface area contributed by atoms with Gasteiger partial charge in [-0.25, -0.2) is 4.79 Å². The minimum Gasteiger partial charge on any atom is -0.462 e. The molecule has 0 fully saturated rings. The van der Waals surface area contributed by atoms with E-state index in [-0.39, 0.29) is 5.97 Å². The van der Waals surface area contributed by atoms with Crippen LogP contribution in [-0.4, -0.2) is 24.2 Å². The number of ether oxygens (including phenoxy) is 1. The SMILES string of the molecule is CCCCNC(=S)Nc1cccc(C(=O)OCC)c1C. The van der Waals surface area contributed by atoms with Crippen molar-refractivity contribution in [1.82, 2.24) is 5.32 Å². The van der Waals surface area contributed by atoms with Crippen LogP contribution in [0.3, 0.4) is 0 Å². The first-order valence-electron chi connectivity index (χ1n) is 6.91. The molecule has 0 aliphatic heterocycles. The number of esters is 1. The predicted octanol–water partition coefficient (Wildman–Crippen LogP) is 3.26. The molecule has 4 nitrogen and oxygen atoms in total. The molecule has 0 heterocycles. The van der Waals surface area contributed by atoms with Crippen molar-refractivity contribution in [3.63, 3.8) is 0 Å². The number of rotatable bonds is 6. The number of unbranched alkanes of at least 4 members (excludes halogenated alkanes) is 1. The molecule has 0 saturated carbocycles. The van der Waals surface area contributed by atoms with Crippen LogP contribution in [0.25, 0.3) is 0 Å². The lowest BCUT2D eigenvalue weighted by atomic mass is 10.1. The molecule has 0 unspecified atom stereocenters. The molecule has 0 atom stereocenters. The van der Waals surface area contributed by atoms with Gasteiger partial charge < -0.3 is 15.4 Å². The zero-order valence-electron chi connectivity index (χ0n) is 12.3. The van der Waals surface area contributed by atoms with Crippen LogP contribution in [0.5, 0.6) is 0 Å². The Morgan fingerprint density at radius 1 is 1.35 bits per heavy atom. The Morgan fingerprint density at radius 3 is 2.75 bits per heavy atom. The van der Waals surface area contributed by atoms with E-state index in [9.17, 15) is 4.79 Å². The largest absolute Gasteiger partial charge is 0.462 e. The van der Waals surface area contributed by atoms with Crippen LogP contribution in [0.15, 0.2) is 18.2 Å². The minimum atomic E-state index is -0.307. The van der Waals surface area contributed by atoms with Crippen molar-refractivity contribution in [1.29, 1.82) is 0 Å². The molecule has 2 N–H and O–H groups in total. The summed E-state index contributed by atoms with van der Waals surface area (Å²) in [5, 5.41) is 6.83. The van der Waals surface area contributed by atoms with E-state index in [1.165, 1.54) is 0 Å². The van der Waals surface area contributed by atoms with E-state index < -0.39 is 0 Å². The first-order chi connectivity index (χ1) is 9.60. The Morgan fingerprint density at radius 2 is 2.10 bits per heavy atom. The van der Waals surface area contributed by atoms with Gasteiger partial charge in [-0.3, -0.25) is 0 Å². The standard InChI is InChI=1S/C15H22N2O2S/c1-4-6-10-16-15(20)17-13-9-7-8-12(11(13)3)14(18)19-5-2/h7-9H,4-6,10H2,1-3H3,(H2,16,17,20). The summed E-state index contributed by atoms with van der Waals surface area (Å²) in [6, 6.07) is 5.47. The highest BCUT2D eigenvalue weighted by Crippen LogP contribution is 2.19. The highest BCUT2D eigenvalue weighted by atomic mass is 32.1. The second kappa shape index (κ2) is 8.53. The number of hydrogen-bond donors (Lipinski definition) is 2. The van der Waals surface area contributed by atoms with Crippen molar-refractivity contribution in [2.45, 2.75) is 33.6 Å². The molecule has 1 aromatic rings. The van der Waals surface area contributed by atoms with Crippen LogP contribution in [0, 0.1) is 6.92 Å². The summed E-state index contributed by atoms with van der Waals surface area (Å²) >= 11 is 5.23. The summed E-state index contributed by atoms with van der Waals surface area (Å²) in [5.74, 6) is -0.307. The van der Waals surface area contributed by atoms with Gasteiger partial charge in [-0.1, -0.05) is 19.4 Å². The number of thiocarbonyl (C=S) groups is 1. The molecule has 0 aliphatic rings. The van der Waals surface area contributed by atoms with Crippen molar-refractivity contribution in [2.24, 2.45) is 0 Å². The molecule has 20 heavy (non-hydrogen) atoms. The Bertz CT molecular complexity index is 475. The number of nitrogens with one attached hydrogen (secondary N) is 2. The molecule has 1 aromatic carbocycles. The van der Waals surface area contributed by atoms with Crippen molar-refractivity contribution < 1.29 is 9.53 Å². The lowest BCUT2D eigenvalue weighted by molar-refractivity contribution is 0.0525. The van der Waals surface area contributed by atoms with Crippen molar-refractivity contribution in [3.05, 3.63) is 29.3 Å². The maximum absolute atomic E-state index is 11.8. The first-order valence-corrected chi connectivity index (χ1v) is 7.32. The fourth-order valence-electron chi connectivity index (χ4n) is 1.75. The summed E-state index contributed by atoms with van der Waals surface area (Å²) in [7, 11) is 0. The molecule has 0 radical (unpaired) electrons. The Labute approximate surface area is 125 Å². The van der Waals surface area contributed by atoms with Gasteiger partial charge in [0.2, 0.25) is 0 Å². The van der Waals surface area contributed by atoms with Gasteiger partial charge in [0.05, 0.1) is 12.2 Å². The molecule has 0 spiro atoms. The predicted molar refractivity (Wildman–Crippen MR) is 86.3 cm³/mol. The normalized spacial score (nSPS) is 9.95. The monoisotopic (exact) mass is 294 g/mol. The molecule has 0 aromatic heterocycles. The van der Waals surface area contributed by atoms with E-state index >= 15 is 0 Å². The van der Waals surface area contributed by atoms with Gasteiger partial charge in [-0.2, -0.15) is 0 Å². The smallest absolute Gasteiger partial charge is 0.338 e. The Kier molecular flexibility index (Phi) is 7.01. The topological polar surface area (TPSA) is 50.4 Å². The van der Waals surface area contributed by atoms with Crippen molar-refractivity contribution >= 4 is 29.0 Å². The molecule has 1 rings (SSSR count). The second-order valence-electron chi connectivity index (χ2n) is 4.43. The average Bonchev–Trinajstić information content (AvgIpc) is 2.41. The van der Waals surface area contributed by atoms with Crippen LogP contribution < -0.4 is 10.6 Å². The van der Waals surface area contributed by atoms with Gasteiger partial charge in [-0.15, -0.1) is 0 Å². The molecule has 110 valence electrons. The second-order valence-corrected chi connectivity index (χ2v) is 4.84. The molecule has 0 aliphatic carbocycles. The van der Waals surface area contributed by atoms with Gasteiger partial charge in [0.15, 0.2) is 5.11 Å². The van der Waals surface area contributed by atoms with E-state index in [1.807, 2.05) is 19.1 Å². The van der Waals surface area contributed by atoms with Crippen molar-refractivity contribution in [2.75, 3.05) is 18.5 Å². The van der Waals surface area contributed by atoms with Crippen LogP contribution in [0.1, 0.15) is 42.6 Å². The summed E-state index contributed by atoms with van der Waals surface area (Å²) in [4.78, 5) is 11.8. The lowest BCUT2D eigenvalue weighted by Gasteiger charge is -2.14. The van der Waals surface area contributed by atoms with E-state index in [1.54, 1.807) is 13.0 Å². The number of carbonyl (C=O) groups is 1. The molecule has 0 bridgehead atoms. The summed E-state index contributed by atoms with van der Waals surface area (Å²) in [6.45, 7) is 7.02. The molecular weight excluding hydrogens is 272 g/mol.